The number of hydrogen-bond acceptors (Lipinski definition) is 3. The van der Waals surface area contributed by atoms with Crippen LogP contribution in [-0.2, 0) is 10.4 Å². The normalized spacial score (nSPS) is 11.1. The van der Waals surface area contributed by atoms with Gasteiger partial charge in [-0.15, -0.1) is 0 Å². The average Bonchev–Trinajstić information content (AvgIpc) is 2.62. The first-order valence-corrected chi connectivity index (χ1v) is 7.68. The molecule has 24 heavy (non-hydrogen) atoms. The van der Waals surface area contributed by atoms with E-state index < -0.39 is 11.5 Å². The summed E-state index contributed by atoms with van der Waals surface area (Å²) in [7, 11) is 0. The monoisotopic (exact) mass is 318 g/mol. The molecule has 0 atom stereocenters. The van der Waals surface area contributed by atoms with Gasteiger partial charge in [-0.25, -0.2) is 4.98 Å². The second kappa shape index (κ2) is 6.64. The van der Waals surface area contributed by atoms with Crippen LogP contribution in [0.5, 0.6) is 0 Å². The largest absolute Gasteiger partial charge is 0.372 e. The number of carbonyl (C=O) groups is 1. The Bertz CT molecular complexity index is 793. The predicted octanol–water partition coefficient (Wildman–Crippen LogP) is 3.26. The van der Waals surface area contributed by atoms with Crippen molar-refractivity contribution in [1.29, 1.82) is 0 Å². The van der Waals surface area contributed by atoms with Gasteiger partial charge in [0.05, 0.1) is 0 Å². The molecule has 0 spiro atoms. The van der Waals surface area contributed by atoms with Crippen LogP contribution in [0.2, 0.25) is 0 Å². The minimum atomic E-state index is -1.80. The number of carbonyl (C=O) groups excluding carboxylic acids is 1. The van der Waals surface area contributed by atoms with E-state index in [4.69, 9.17) is 0 Å². The van der Waals surface area contributed by atoms with Crippen LogP contribution in [0.15, 0.2) is 79.0 Å². The van der Waals surface area contributed by atoms with E-state index in [2.05, 4.69) is 10.3 Å². The van der Waals surface area contributed by atoms with Crippen LogP contribution in [0, 0.1) is 6.92 Å². The van der Waals surface area contributed by atoms with Crippen LogP contribution >= 0.6 is 0 Å². The van der Waals surface area contributed by atoms with Gasteiger partial charge in [0.2, 0.25) is 0 Å². The molecule has 4 nitrogen and oxygen atoms in total. The van der Waals surface area contributed by atoms with Crippen molar-refractivity contribution in [2.45, 2.75) is 12.5 Å². The van der Waals surface area contributed by atoms with E-state index in [1.165, 1.54) is 0 Å². The first kappa shape index (κ1) is 15.9. The van der Waals surface area contributed by atoms with Crippen molar-refractivity contribution in [3.05, 3.63) is 95.7 Å². The Kier molecular flexibility index (Phi) is 4.40. The van der Waals surface area contributed by atoms with Crippen LogP contribution in [0.25, 0.3) is 0 Å². The van der Waals surface area contributed by atoms with Gasteiger partial charge >= 0.3 is 0 Å². The molecule has 0 aliphatic rings. The molecule has 4 heteroatoms. The third kappa shape index (κ3) is 3.05. The zero-order valence-corrected chi connectivity index (χ0v) is 13.3. The van der Waals surface area contributed by atoms with Crippen LogP contribution in [0.1, 0.15) is 16.7 Å². The van der Waals surface area contributed by atoms with Gasteiger partial charge in [-0.2, -0.15) is 0 Å². The van der Waals surface area contributed by atoms with Gasteiger partial charge in [-0.3, -0.25) is 4.79 Å². The number of amides is 1. The maximum Gasteiger partial charge on any atom is 0.266 e. The van der Waals surface area contributed by atoms with Gasteiger partial charge in [-0.1, -0.05) is 60.7 Å². The average molecular weight is 318 g/mol. The molecular weight excluding hydrogens is 300 g/mol. The molecular formula is C20H18N2O2. The summed E-state index contributed by atoms with van der Waals surface area (Å²) < 4.78 is 0. The maximum absolute atomic E-state index is 12.9. The molecule has 0 saturated heterocycles. The Balaban J connectivity index is 2.03. The van der Waals surface area contributed by atoms with Crippen molar-refractivity contribution >= 4 is 11.7 Å². The molecule has 3 rings (SSSR count). The molecule has 3 aromatic rings. The van der Waals surface area contributed by atoms with Crippen molar-refractivity contribution in [2.75, 3.05) is 5.32 Å². The van der Waals surface area contributed by atoms with Gasteiger partial charge in [0.25, 0.3) is 5.91 Å². The molecule has 0 radical (unpaired) electrons. The predicted molar refractivity (Wildman–Crippen MR) is 93.5 cm³/mol. The highest BCUT2D eigenvalue weighted by Gasteiger charge is 2.40. The zero-order chi connectivity index (χ0) is 17.0. The third-order valence-corrected chi connectivity index (χ3v) is 3.87. The number of aryl methyl sites for hydroxylation is 1. The van der Waals surface area contributed by atoms with Gasteiger partial charge in [0.1, 0.15) is 5.82 Å². The Hall–Kier alpha value is -2.98. The van der Waals surface area contributed by atoms with Gasteiger partial charge in [0, 0.05) is 6.20 Å². The minimum Gasteiger partial charge on any atom is -0.372 e. The maximum atomic E-state index is 12.9. The molecule has 2 aromatic carbocycles. The molecule has 0 fully saturated rings. The Morgan fingerprint density at radius 1 is 0.958 bits per heavy atom. The summed E-state index contributed by atoms with van der Waals surface area (Å²) in [5.74, 6) is -0.136. The number of rotatable bonds is 4. The zero-order valence-electron chi connectivity index (χ0n) is 13.3. The summed E-state index contributed by atoms with van der Waals surface area (Å²) >= 11 is 0. The highest BCUT2D eigenvalue weighted by Crippen LogP contribution is 2.30. The van der Waals surface area contributed by atoms with Crippen molar-refractivity contribution in [3.8, 4) is 0 Å². The van der Waals surface area contributed by atoms with E-state index in [1.54, 1.807) is 60.8 Å². The second-order valence-electron chi connectivity index (χ2n) is 5.62. The first-order chi connectivity index (χ1) is 11.6. The van der Waals surface area contributed by atoms with Crippen LogP contribution in [0.4, 0.5) is 5.82 Å². The lowest BCUT2D eigenvalue weighted by molar-refractivity contribution is -0.131. The number of nitrogens with zero attached hydrogens (tertiary/aromatic N) is 1. The second-order valence-corrected chi connectivity index (χ2v) is 5.62. The standard InChI is InChI=1S/C20H18N2O2/c1-15-12-13-21-18(14-15)22-19(23)20(24,16-8-4-2-5-9-16)17-10-6-3-7-11-17/h2-14,24H,1H3,(H,21,22,23). The van der Waals surface area contributed by atoms with E-state index in [1.807, 2.05) is 25.1 Å². The fourth-order valence-electron chi connectivity index (χ4n) is 2.60. The number of anilines is 1. The van der Waals surface area contributed by atoms with E-state index in [0.717, 1.165) is 5.56 Å². The highest BCUT2D eigenvalue weighted by atomic mass is 16.3. The summed E-state index contributed by atoms with van der Waals surface area (Å²) in [4.78, 5) is 17.1. The molecule has 0 saturated carbocycles. The smallest absolute Gasteiger partial charge is 0.266 e. The Morgan fingerprint density at radius 2 is 1.50 bits per heavy atom. The molecule has 1 amide bonds. The van der Waals surface area contributed by atoms with Crippen molar-refractivity contribution in [3.63, 3.8) is 0 Å². The lowest BCUT2D eigenvalue weighted by Crippen LogP contribution is -2.41. The molecule has 1 aromatic heterocycles. The van der Waals surface area contributed by atoms with Gasteiger partial charge in [0.15, 0.2) is 5.60 Å². The van der Waals surface area contributed by atoms with E-state index >= 15 is 0 Å². The number of benzene rings is 2. The fourth-order valence-corrected chi connectivity index (χ4v) is 2.60. The van der Waals surface area contributed by atoms with Gasteiger partial charge in [-0.05, 0) is 35.7 Å². The van der Waals surface area contributed by atoms with Crippen molar-refractivity contribution in [1.82, 2.24) is 4.98 Å². The first-order valence-electron chi connectivity index (χ1n) is 7.68. The van der Waals surface area contributed by atoms with Crippen LogP contribution < -0.4 is 5.32 Å². The van der Waals surface area contributed by atoms with E-state index in [-0.39, 0.29) is 0 Å². The number of hydrogen-bond donors (Lipinski definition) is 2. The number of pyridine rings is 1. The molecule has 120 valence electrons. The third-order valence-electron chi connectivity index (χ3n) is 3.87. The number of aliphatic hydroxyl groups is 1. The number of nitrogens with one attached hydrogen (secondary N) is 1. The summed E-state index contributed by atoms with van der Waals surface area (Å²) in [5.41, 5.74) is 0.180. The quantitative estimate of drug-likeness (QED) is 0.776. The van der Waals surface area contributed by atoms with Crippen LogP contribution in [-0.4, -0.2) is 16.0 Å². The summed E-state index contributed by atoms with van der Waals surface area (Å²) in [6, 6.07) is 21.4. The van der Waals surface area contributed by atoms with Crippen molar-refractivity contribution < 1.29 is 9.90 Å². The van der Waals surface area contributed by atoms with Crippen molar-refractivity contribution in [2.24, 2.45) is 0 Å². The molecule has 2 N–H and O–H groups in total. The van der Waals surface area contributed by atoms with E-state index in [9.17, 15) is 9.90 Å². The lowest BCUT2D eigenvalue weighted by Gasteiger charge is -2.28. The molecule has 0 unspecified atom stereocenters. The molecule has 0 aliphatic carbocycles. The van der Waals surface area contributed by atoms with Crippen LogP contribution in [0.3, 0.4) is 0 Å². The minimum absolute atomic E-state index is 0.408. The molecule has 1 heterocycles. The topological polar surface area (TPSA) is 62.2 Å². The number of aromatic nitrogens is 1. The highest BCUT2D eigenvalue weighted by molar-refractivity contribution is 5.99. The van der Waals surface area contributed by atoms with Gasteiger partial charge < -0.3 is 10.4 Å². The summed E-state index contributed by atoms with van der Waals surface area (Å²) in [5, 5.41) is 14.0. The Labute approximate surface area is 140 Å². The molecule has 0 bridgehead atoms. The van der Waals surface area contributed by atoms with E-state index in [0.29, 0.717) is 16.9 Å². The SMILES string of the molecule is Cc1ccnc(NC(=O)C(O)(c2ccccc2)c2ccccc2)c1. The molecule has 0 aliphatic heterocycles. The summed E-state index contributed by atoms with van der Waals surface area (Å²) in [6.45, 7) is 1.91. The fraction of sp³-hybridized carbons (Fsp3) is 0.100. The lowest BCUT2D eigenvalue weighted by atomic mass is 9.85. The summed E-state index contributed by atoms with van der Waals surface area (Å²) in [6.07, 6.45) is 1.62. The Morgan fingerprint density at radius 3 is 2.00 bits per heavy atom.